The molecule has 0 heterocycles. The number of hydrogen-bond donors (Lipinski definition) is 2. The van der Waals surface area contributed by atoms with E-state index in [0.29, 0.717) is 12.3 Å². The average molecular weight is 306 g/mol. The van der Waals surface area contributed by atoms with Crippen molar-refractivity contribution in [1.82, 2.24) is 0 Å². The van der Waals surface area contributed by atoms with Crippen molar-refractivity contribution in [3.63, 3.8) is 0 Å². The van der Waals surface area contributed by atoms with Gasteiger partial charge in [0.25, 0.3) is 0 Å². The van der Waals surface area contributed by atoms with Crippen molar-refractivity contribution in [2.45, 2.75) is 78.9 Å². The Morgan fingerprint density at radius 3 is 2.64 bits per heavy atom. The van der Waals surface area contributed by atoms with Crippen molar-refractivity contribution in [3.05, 3.63) is 34.9 Å². The molecule has 0 aromatic carbocycles. The summed E-state index contributed by atoms with van der Waals surface area (Å²) in [5, 5.41) is 20.8. The molecule has 0 fully saturated rings. The largest absolute Gasteiger partial charge is 0.389 e. The van der Waals surface area contributed by atoms with Crippen LogP contribution in [0.2, 0.25) is 0 Å². The van der Waals surface area contributed by atoms with Gasteiger partial charge in [-0.2, -0.15) is 0 Å². The fraction of sp³-hybridized carbons (Fsp3) is 0.700. The molecule has 2 nitrogen and oxygen atoms in total. The molecule has 2 heteroatoms. The van der Waals surface area contributed by atoms with Gasteiger partial charge in [0.2, 0.25) is 0 Å². The maximum absolute atomic E-state index is 10.6. The Hall–Kier alpha value is -0.860. The minimum atomic E-state index is -0.468. The molecule has 0 aromatic rings. The summed E-state index contributed by atoms with van der Waals surface area (Å²) in [7, 11) is 0. The van der Waals surface area contributed by atoms with Gasteiger partial charge in [0.05, 0.1) is 12.2 Å². The molecule has 22 heavy (non-hydrogen) atoms. The van der Waals surface area contributed by atoms with Crippen molar-refractivity contribution in [2.75, 3.05) is 0 Å². The lowest BCUT2D eigenvalue weighted by atomic mass is 9.80. The first-order valence-corrected chi connectivity index (χ1v) is 8.64. The van der Waals surface area contributed by atoms with E-state index in [2.05, 4.69) is 39.8 Å². The van der Waals surface area contributed by atoms with Crippen molar-refractivity contribution in [1.29, 1.82) is 0 Å². The lowest BCUT2D eigenvalue weighted by molar-refractivity contribution is 0.104. The van der Waals surface area contributed by atoms with Gasteiger partial charge < -0.3 is 10.2 Å². The Labute approximate surface area is 136 Å². The van der Waals surface area contributed by atoms with Crippen molar-refractivity contribution < 1.29 is 10.2 Å². The van der Waals surface area contributed by atoms with E-state index in [4.69, 9.17) is 0 Å². The molecule has 0 saturated heterocycles. The van der Waals surface area contributed by atoms with Gasteiger partial charge in [-0.05, 0) is 77.2 Å². The monoisotopic (exact) mass is 306 g/mol. The summed E-state index contributed by atoms with van der Waals surface area (Å²) >= 11 is 0. The zero-order chi connectivity index (χ0) is 16.7. The van der Waals surface area contributed by atoms with Gasteiger partial charge in [-0.3, -0.25) is 0 Å². The average Bonchev–Trinajstić information content (AvgIpc) is 2.43. The Balaban J connectivity index is 2.82. The smallest absolute Gasteiger partial charge is 0.0782 e. The molecular formula is C20H34O2. The van der Waals surface area contributed by atoms with Crippen LogP contribution in [0.25, 0.3) is 0 Å². The van der Waals surface area contributed by atoms with Crippen molar-refractivity contribution >= 4 is 0 Å². The van der Waals surface area contributed by atoms with Gasteiger partial charge in [0, 0.05) is 0 Å². The molecule has 0 unspecified atom stereocenters. The lowest BCUT2D eigenvalue weighted by Gasteiger charge is -2.29. The lowest BCUT2D eigenvalue weighted by Crippen LogP contribution is -2.27. The standard InChI is InChI=1S/C20H34O2/c1-14(2)7-6-8-16(4)18-11-9-15(3)10-12-19(21)17(5)13-20(18)22/h7,10,13,16,18-22H,6,8-9,11-12H2,1-5H3/b15-10+,17-13+/t16-,18+,19+,20+/m1/s1. The van der Waals surface area contributed by atoms with Gasteiger partial charge in [-0.1, -0.05) is 36.3 Å². The molecule has 0 amide bonds. The SMILES string of the molecule is CC(C)=CCC[C@@H](C)[C@@H]1CC/C(C)=C/C[C@H](O)/C(C)=C/[C@@H]1O. The highest BCUT2D eigenvalue weighted by Crippen LogP contribution is 2.30. The summed E-state index contributed by atoms with van der Waals surface area (Å²) in [5.41, 5.74) is 3.57. The third-order valence-electron chi connectivity index (χ3n) is 4.87. The third kappa shape index (κ3) is 6.50. The van der Waals surface area contributed by atoms with Crippen LogP contribution in [0.4, 0.5) is 0 Å². The number of rotatable bonds is 4. The minimum Gasteiger partial charge on any atom is -0.389 e. The van der Waals surface area contributed by atoms with Crippen LogP contribution in [-0.2, 0) is 0 Å². The molecule has 0 bridgehead atoms. The van der Waals surface area contributed by atoms with Crippen LogP contribution in [0.5, 0.6) is 0 Å². The summed E-state index contributed by atoms with van der Waals surface area (Å²) in [4.78, 5) is 0. The molecule has 0 radical (unpaired) electrons. The van der Waals surface area contributed by atoms with Crippen LogP contribution < -0.4 is 0 Å². The summed E-state index contributed by atoms with van der Waals surface area (Å²) < 4.78 is 0. The van der Waals surface area contributed by atoms with E-state index in [1.807, 2.05) is 13.0 Å². The molecule has 1 aliphatic rings. The highest BCUT2D eigenvalue weighted by atomic mass is 16.3. The Morgan fingerprint density at radius 1 is 1.32 bits per heavy atom. The predicted molar refractivity (Wildman–Crippen MR) is 94.7 cm³/mol. The molecule has 0 aromatic heterocycles. The highest BCUT2D eigenvalue weighted by molar-refractivity contribution is 5.13. The molecular weight excluding hydrogens is 272 g/mol. The highest BCUT2D eigenvalue weighted by Gasteiger charge is 2.24. The second kappa shape index (κ2) is 9.32. The van der Waals surface area contributed by atoms with E-state index in [9.17, 15) is 10.2 Å². The number of allylic oxidation sites excluding steroid dienone is 3. The summed E-state index contributed by atoms with van der Waals surface area (Å²) in [6.07, 6.45) is 10.2. The van der Waals surface area contributed by atoms with E-state index in [-0.39, 0.29) is 5.92 Å². The first kappa shape index (κ1) is 19.2. The first-order chi connectivity index (χ1) is 10.3. The van der Waals surface area contributed by atoms with Crippen LogP contribution in [0.15, 0.2) is 34.9 Å². The van der Waals surface area contributed by atoms with Crippen molar-refractivity contribution in [2.24, 2.45) is 11.8 Å². The van der Waals surface area contributed by atoms with Crippen molar-refractivity contribution in [3.8, 4) is 0 Å². The van der Waals surface area contributed by atoms with Gasteiger partial charge in [0.1, 0.15) is 0 Å². The predicted octanol–water partition coefficient (Wildman–Crippen LogP) is 4.78. The fourth-order valence-corrected chi connectivity index (χ4v) is 3.14. The van der Waals surface area contributed by atoms with Gasteiger partial charge >= 0.3 is 0 Å². The molecule has 0 spiro atoms. The van der Waals surface area contributed by atoms with E-state index in [1.165, 1.54) is 11.1 Å². The number of aliphatic hydroxyl groups is 2. The maximum atomic E-state index is 10.6. The fourth-order valence-electron chi connectivity index (χ4n) is 3.14. The van der Waals surface area contributed by atoms with Crippen LogP contribution in [0, 0.1) is 11.8 Å². The summed E-state index contributed by atoms with van der Waals surface area (Å²) in [6.45, 7) is 10.6. The molecule has 0 saturated carbocycles. The topological polar surface area (TPSA) is 40.5 Å². The molecule has 126 valence electrons. The van der Waals surface area contributed by atoms with Crippen LogP contribution in [-0.4, -0.2) is 22.4 Å². The van der Waals surface area contributed by atoms with Crippen LogP contribution in [0.3, 0.4) is 0 Å². The van der Waals surface area contributed by atoms with Gasteiger partial charge in [-0.15, -0.1) is 0 Å². The summed E-state index contributed by atoms with van der Waals surface area (Å²) in [6, 6.07) is 0. The van der Waals surface area contributed by atoms with E-state index >= 15 is 0 Å². The molecule has 1 aliphatic carbocycles. The second-order valence-electron chi connectivity index (χ2n) is 7.24. The Morgan fingerprint density at radius 2 is 2.00 bits per heavy atom. The zero-order valence-electron chi connectivity index (χ0n) is 15.0. The third-order valence-corrected chi connectivity index (χ3v) is 4.87. The van der Waals surface area contributed by atoms with Gasteiger partial charge in [-0.25, -0.2) is 0 Å². The van der Waals surface area contributed by atoms with E-state index < -0.39 is 12.2 Å². The Kier molecular flexibility index (Phi) is 8.13. The maximum Gasteiger partial charge on any atom is 0.0782 e. The molecule has 4 atom stereocenters. The first-order valence-electron chi connectivity index (χ1n) is 8.64. The van der Waals surface area contributed by atoms with E-state index in [1.54, 1.807) is 0 Å². The summed E-state index contributed by atoms with van der Waals surface area (Å²) in [5.74, 6) is 0.730. The Bertz CT molecular complexity index is 427. The molecule has 1 rings (SSSR count). The minimum absolute atomic E-state index is 0.258. The normalized spacial score (nSPS) is 33.1. The zero-order valence-corrected chi connectivity index (χ0v) is 15.0. The number of hydrogen-bond acceptors (Lipinski definition) is 2. The van der Waals surface area contributed by atoms with Crippen LogP contribution >= 0.6 is 0 Å². The number of aliphatic hydroxyl groups excluding tert-OH is 2. The molecule has 2 N–H and O–H groups in total. The van der Waals surface area contributed by atoms with E-state index in [0.717, 1.165) is 31.3 Å². The van der Waals surface area contributed by atoms with Crippen LogP contribution in [0.1, 0.15) is 66.7 Å². The second-order valence-corrected chi connectivity index (χ2v) is 7.24. The van der Waals surface area contributed by atoms with Gasteiger partial charge in [0.15, 0.2) is 0 Å². The molecule has 0 aliphatic heterocycles. The quantitative estimate of drug-likeness (QED) is 0.734.